The summed E-state index contributed by atoms with van der Waals surface area (Å²) in [5.41, 5.74) is -1.41. The molecule has 0 aliphatic heterocycles. The van der Waals surface area contributed by atoms with Gasteiger partial charge in [-0.3, -0.25) is 0 Å². The van der Waals surface area contributed by atoms with Crippen molar-refractivity contribution in [2.75, 3.05) is 0 Å². The van der Waals surface area contributed by atoms with Crippen LogP contribution < -0.4 is 0 Å². The topological polar surface area (TPSA) is 12.9 Å². The van der Waals surface area contributed by atoms with E-state index in [9.17, 15) is 13.2 Å². The fraction of sp³-hybridized carbons (Fsp3) is 0.0833. The first-order valence-electron chi connectivity index (χ1n) is 5.30. The highest BCUT2D eigenvalue weighted by molar-refractivity contribution is 14.1. The molecule has 0 saturated carbocycles. The molecule has 0 aliphatic carbocycles. The SMILES string of the molecule is FC(F)(F)c1ccnc(I)c1-c1c(Cl)c(Cl)c(Cl)c(Cl)c1Cl. The number of pyridine rings is 1. The van der Waals surface area contributed by atoms with E-state index in [2.05, 4.69) is 4.98 Å². The minimum absolute atomic E-state index is 0.0469. The monoisotopic (exact) mass is 519 g/mol. The molecule has 0 aliphatic rings. The number of hydrogen-bond acceptors (Lipinski definition) is 1. The highest BCUT2D eigenvalue weighted by atomic mass is 127. The number of hydrogen-bond donors (Lipinski definition) is 0. The molecule has 22 heavy (non-hydrogen) atoms. The molecule has 1 nitrogen and oxygen atoms in total. The summed E-state index contributed by atoms with van der Waals surface area (Å²) in [5, 5.41) is -0.939. The van der Waals surface area contributed by atoms with Gasteiger partial charge in [0.05, 0.1) is 30.7 Å². The van der Waals surface area contributed by atoms with Crippen LogP contribution in [0.5, 0.6) is 0 Å². The quantitative estimate of drug-likeness (QED) is 0.163. The van der Waals surface area contributed by atoms with Gasteiger partial charge in [-0.2, -0.15) is 13.2 Å². The molecule has 1 aromatic carbocycles. The van der Waals surface area contributed by atoms with Crippen molar-refractivity contribution in [2.45, 2.75) is 6.18 Å². The van der Waals surface area contributed by atoms with Gasteiger partial charge in [-0.1, -0.05) is 58.0 Å². The molecule has 2 aromatic rings. The molecule has 118 valence electrons. The number of alkyl halides is 3. The van der Waals surface area contributed by atoms with Crippen LogP contribution in [0.2, 0.25) is 25.1 Å². The van der Waals surface area contributed by atoms with Crippen LogP contribution in [0.4, 0.5) is 13.2 Å². The second-order valence-corrected chi connectivity index (χ2v) is 6.88. The van der Waals surface area contributed by atoms with Crippen LogP contribution in [0.3, 0.4) is 0 Å². The van der Waals surface area contributed by atoms with Crippen molar-refractivity contribution in [3.63, 3.8) is 0 Å². The number of nitrogens with zero attached hydrogens (tertiary/aromatic N) is 1. The smallest absolute Gasteiger partial charge is 0.250 e. The maximum absolute atomic E-state index is 13.2. The summed E-state index contributed by atoms with van der Waals surface area (Å²) in [4.78, 5) is 3.84. The minimum Gasteiger partial charge on any atom is -0.250 e. The maximum atomic E-state index is 13.2. The van der Waals surface area contributed by atoms with Crippen LogP contribution in [0.1, 0.15) is 5.56 Å². The lowest BCUT2D eigenvalue weighted by Gasteiger charge is -2.18. The summed E-state index contributed by atoms with van der Waals surface area (Å²) < 4.78 is 39.8. The van der Waals surface area contributed by atoms with Crippen molar-refractivity contribution >= 4 is 80.6 Å². The zero-order valence-corrected chi connectivity index (χ0v) is 15.9. The van der Waals surface area contributed by atoms with E-state index >= 15 is 0 Å². The summed E-state index contributed by atoms with van der Waals surface area (Å²) in [5.74, 6) is 0. The third kappa shape index (κ3) is 3.26. The van der Waals surface area contributed by atoms with Crippen LogP contribution in [0.15, 0.2) is 12.3 Å². The fourth-order valence-electron chi connectivity index (χ4n) is 1.73. The zero-order valence-electron chi connectivity index (χ0n) is 10.0. The van der Waals surface area contributed by atoms with E-state index in [0.29, 0.717) is 0 Å². The Kier molecular flexibility index (Phi) is 5.68. The Balaban J connectivity index is 2.96. The van der Waals surface area contributed by atoms with Crippen molar-refractivity contribution in [3.8, 4) is 11.1 Å². The van der Waals surface area contributed by atoms with E-state index < -0.39 is 11.7 Å². The molecule has 0 unspecified atom stereocenters. The molecule has 1 aromatic heterocycles. The second kappa shape index (κ2) is 6.69. The van der Waals surface area contributed by atoms with E-state index in [4.69, 9.17) is 58.0 Å². The molecule has 0 bridgehead atoms. The van der Waals surface area contributed by atoms with Crippen molar-refractivity contribution in [3.05, 3.63) is 46.6 Å². The normalized spacial score (nSPS) is 11.9. The van der Waals surface area contributed by atoms with Crippen molar-refractivity contribution in [1.82, 2.24) is 4.98 Å². The first kappa shape index (κ1) is 18.7. The van der Waals surface area contributed by atoms with Gasteiger partial charge in [0.2, 0.25) is 0 Å². The molecule has 0 N–H and O–H groups in total. The third-order valence-electron chi connectivity index (χ3n) is 2.67. The third-order valence-corrected chi connectivity index (χ3v) is 5.76. The van der Waals surface area contributed by atoms with Gasteiger partial charge in [-0.05, 0) is 28.7 Å². The lowest BCUT2D eigenvalue weighted by molar-refractivity contribution is -0.137. The number of benzene rings is 1. The predicted octanol–water partition coefficient (Wildman–Crippen LogP) is 7.64. The van der Waals surface area contributed by atoms with E-state index in [0.717, 1.165) is 12.3 Å². The van der Waals surface area contributed by atoms with Crippen LogP contribution >= 0.6 is 80.6 Å². The van der Waals surface area contributed by atoms with Gasteiger partial charge in [0, 0.05) is 17.3 Å². The van der Waals surface area contributed by atoms with Gasteiger partial charge in [-0.25, -0.2) is 4.98 Å². The van der Waals surface area contributed by atoms with Gasteiger partial charge in [0.25, 0.3) is 0 Å². The Morgan fingerprint density at radius 2 is 1.27 bits per heavy atom. The second-order valence-electron chi connectivity index (χ2n) is 3.97. The average Bonchev–Trinajstić information content (AvgIpc) is 2.43. The highest BCUT2D eigenvalue weighted by Crippen LogP contribution is 2.51. The molecule has 0 atom stereocenters. The minimum atomic E-state index is -4.64. The van der Waals surface area contributed by atoms with E-state index in [-0.39, 0.29) is 39.9 Å². The molecule has 0 saturated heterocycles. The molecule has 0 amide bonds. The lowest BCUT2D eigenvalue weighted by Crippen LogP contribution is -2.09. The predicted molar refractivity (Wildman–Crippen MR) is 92.4 cm³/mol. The van der Waals surface area contributed by atoms with Crippen LogP contribution in [0, 0.1) is 3.70 Å². The van der Waals surface area contributed by atoms with E-state index in [1.54, 1.807) is 22.6 Å². The summed E-state index contributed by atoms with van der Waals surface area (Å²) >= 11 is 31.4. The first-order chi connectivity index (χ1) is 10.1. The molecular formula is C12H2Cl5F3IN. The molecule has 10 heteroatoms. The maximum Gasteiger partial charge on any atom is 0.417 e. The molecule has 0 spiro atoms. The van der Waals surface area contributed by atoms with Crippen molar-refractivity contribution in [2.24, 2.45) is 0 Å². The van der Waals surface area contributed by atoms with Gasteiger partial charge in [-0.15, -0.1) is 0 Å². The Bertz CT molecular complexity index is 734. The Morgan fingerprint density at radius 3 is 1.73 bits per heavy atom. The molecule has 1 heterocycles. The fourth-order valence-corrected chi connectivity index (χ4v) is 3.78. The summed E-state index contributed by atoms with van der Waals surface area (Å²) in [7, 11) is 0. The molecule has 2 rings (SSSR count). The molecular weight excluding hydrogens is 519 g/mol. The average molecular weight is 521 g/mol. The Labute approximate surface area is 161 Å². The largest absolute Gasteiger partial charge is 0.417 e. The van der Waals surface area contributed by atoms with Crippen LogP contribution in [-0.2, 0) is 6.18 Å². The first-order valence-corrected chi connectivity index (χ1v) is 8.27. The van der Waals surface area contributed by atoms with Gasteiger partial charge >= 0.3 is 6.18 Å². The lowest BCUT2D eigenvalue weighted by atomic mass is 10.0. The van der Waals surface area contributed by atoms with Gasteiger partial charge in [0.15, 0.2) is 0 Å². The van der Waals surface area contributed by atoms with E-state index in [1.165, 1.54) is 0 Å². The van der Waals surface area contributed by atoms with Gasteiger partial charge in [0.1, 0.15) is 3.70 Å². The van der Waals surface area contributed by atoms with Gasteiger partial charge < -0.3 is 0 Å². The summed E-state index contributed by atoms with van der Waals surface area (Å²) in [6.45, 7) is 0. The summed E-state index contributed by atoms with van der Waals surface area (Å²) in [6.07, 6.45) is -3.60. The molecule has 0 radical (unpaired) electrons. The van der Waals surface area contributed by atoms with E-state index in [1.807, 2.05) is 0 Å². The Morgan fingerprint density at radius 1 is 0.818 bits per heavy atom. The molecule has 0 fully saturated rings. The number of aromatic nitrogens is 1. The highest BCUT2D eigenvalue weighted by Gasteiger charge is 2.37. The Hall–Kier alpha value is 0.340. The standard InChI is InChI=1S/C12H2Cl5F3IN/c13-6-5(7(14)9(16)10(17)8(6)15)4-3(12(18,19)20)1-2-22-11(4)21/h1-2H. The van der Waals surface area contributed by atoms with Crippen LogP contribution in [0.25, 0.3) is 11.1 Å². The summed E-state index contributed by atoms with van der Waals surface area (Å²) in [6, 6.07) is 0.820. The number of halogens is 9. The number of rotatable bonds is 1. The van der Waals surface area contributed by atoms with Crippen molar-refractivity contribution < 1.29 is 13.2 Å². The van der Waals surface area contributed by atoms with Crippen molar-refractivity contribution in [1.29, 1.82) is 0 Å². The van der Waals surface area contributed by atoms with Crippen LogP contribution in [-0.4, -0.2) is 4.98 Å². The zero-order chi connectivity index (χ0) is 16.8.